The van der Waals surface area contributed by atoms with Gasteiger partial charge in [0.2, 0.25) is 11.8 Å². The number of likely N-dealkylation sites (N-methyl/N-ethyl adjacent to an activating group) is 1. The molecule has 1 aromatic rings. The molecule has 2 rings (SSSR count). The largest absolute Gasteiger partial charge is 0.360 e. The SMILES string of the molecule is Cc1cc(NC(=O)C(C)SCC(=O)NCCN(C)C2CCCCC2)no1. The lowest BCUT2D eigenvalue weighted by atomic mass is 9.94. The van der Waals surface area contributed by atoms with Crippen LogP contribution in [0.1, 0.15) is 44.8 Å². The molecule has 1 aliphatic rings. The van der Waals surface area contributed by atoms with Crippen LogP contribution >= 0.6 is 11.8 Å². The fourth-order valence-corrected chi connectivity index (χ4v) is 3.77. The third-order valence-electron chi connectivity index (χ3n) is 4.70. The summed E-state index contributed by atoms with van der Waals surface area (Å²) in [5.41, 5.74) is 0. The molecule has 1 aromatic heterocycles. The number of hydrogen-bond acceptors (Lipinski definition) is 6. The highest BCUT2D eigenvalue weighted by Crippen LogP contribution is 2.21. The molecule has 0 bridgehead atoms. The van der Waals surface area contributed by atoms with Crippen LogP contribution in [0.5, 0.6) is 0 Å². The molecule has 146 valence electrons. The zero-order valence-corrected chi connectivity index (χ0v) is 16.7. The number of nitrogens with zero attached hydrogens (tertiary/aromatic N) is 2. The van der Waals surface area contributed by atoms with Gasteiger partial charge in [0.25, 0.3) is 0 Å². The zero-order valence-electron chi connectivity index (χ0n) is 15.9. The summed E-state index contributed by atoms with van der Waals surface area (Å²) >= 11 is 1.31. The number of carbonyl (C=O) groups excluding carboxylic acids is 2. The standard InChI is InChI=1S/C18H30N4O3S/c1-13-11-16(21-25-13)20-18(24)14(2)26-12-17(23)19-9-10-22(3)15-7-5-4-6-8-15/h11,14-15H,4-10,12H2,1-3H3,(H,19,23)(H,20,21,24). The maximum absolute atomic E-state index is 12.1. The maximum atomic E-state index is 12.1. The molecule has 0 spiro atoms. The summed E-state index contributed by atoms with van der Waals surface area (Å²) in [6.07, 6.45) is 6.49. The molecule has 2 N–H and O–H groups in total. The van der Waals surface area contributed by atoms with Gasteiger partial charge in [-0.1, -0.05) is 24.4 Å². The molecule has 0 aromatic carbocycles. The Labute approximate surface area is 159 Å². The average molecular weight is 383 g/mol. The van der Waals surface area contributed by atoms with Gasteiger partial charge in [-0.05, 0) is 33.7 Å². The fraction of sp³-hybridized carbons (Fsp3) is 0.722. The van der Waals surface area contributed by atoms with E-state index in [2.05, 4.69) is 27.7 Å². The first kappa shape index (κ1) is 20.8. The van der Waals surface area contributed by atoms with Gasteiger partial charge in [0.1, 0.15) is 5.76 Å². The van der Waals surface area contributed by atoms with E-state index in [1.54, 1.807) is 19.9 Å². The van der Waals surface area contributed by atoms with Crippen molar-refractivity contribution in [3.63, 3.8) is 0 Å². The van der Waals surface area contributed by atoms with Crippen LogP contribution in [0.15, 0.2) is 10.6 Å². The van der Waals surface area contributed by atoms with Crippen LogP contribution in [0.25, 0.3) is 0 Å². The molecule has 1 atom stereocenters. The number of aromatic nitrogens is 1. The van der Waals surface area contributed by atoms with Crippen LogP contribution in [0.3, 0.4) is 0 Å². The number of amides is 2. The molecule has 0 radical (unpaired) electrons. The van der Waals surface area contributed by atoms with Crippen LogP contribution in [0.4, 0.5) is 5.82 Å². The van der Waals surface area contributed by atoms with Crippen molar-refractivity contribution in [3.8, 4) is 0 Å². The summed E-state index contributed by atoms with van der Waals surface area (Å²) in [5.74, 6) is 1.07. The average Bonchev–Trinajstić information content (AvgIpc) is 3.05. The smallest absolute Gasteiger partial charge is 0.238 e. The van der Waals surface area contributed by atoms with Gasteiger partial charge in [-0.2, -0.15) is 0 Å². The van der Waals surface area contributed by atoms with E-state index >= 15 is 0 Å². The first-order valence-electron chi connectivity index (χ1n) is 9.28. The van der Waals surface area contributed by atoms with Crippen molar-refractivity contribution < 1.29 is 14.1 Å². The predicted molar refractivity (Wildman–Crippen MR) is 104 cm³/mol. The second-order valence-electron chi connectivity index (χ2n) is 6.89. The molecule has 1 saturated carbocycles. The molecule has 1 heterocycles. The van der Waals surface area contributed by atoms with Gasteiger partial charge in [-0.15, -0.1) is 11.8 Å². The van der Waals surface area contributed by atoms with Gasteiger partial charge in [-0.3, -0.25) is 9.59 Å². The second-order valence-corrected chi connectivity index (χ2v) is 8.22. The van der Waals surface area contributed by atoms with Crippen molar-refractivity contribution in [3.05, 3.63) is 11.8 Å². The predicted octanol–water partition coefficient (Wildman–Crippen LogP) is 2.42. The molecule has 1 fully saturated rings. The first-order valence-corrected chi connectivity index (χ1v) is 10.3. The Balaban J connectivity index is 1.59. The zero-order chi connectivity index (χ0) is 18.9. The molecule has 7 nitrogen and oxygen atoms in total. The maximum Gasteiger partial charge on any atom is 0.238 e. The number of rotatable bonds is 9. The van der Waals surface area contributed by atoms with E-state index in [-0.39, 0.29) is 22.8 Å². The van der Waals surface area contributed by atoms with Gasteiger partial charge < -0.3 is 20.1 Å². The summed E-state index contributed by atoms with van der Waals surface area (Å²) in [4.78, 5) is 26.4. The molecule has 0 aliphatic heterocycles. The molecule has 1 aliphatic carbocycles. The van der Waals surface area contributed by atoms with E-state index in [9.17, 15) is 9.59 Å². The van der Waals surface area contributed by atoms with E-state index in [1.807, 2.05) is 0 Å². The number of thioether (sulfide) groups is 1. The van der Waals surface area contributed by atoms with Crippen LogP contribution in [0, 0.1) is 6.92 Å². The van der Waals surface area contributed by atoms with Gasteiger partial charge in [0.15, 0.2) is 5.82 Å². The number of hydrogen-bond donors (Lipinski definition) is 2. The lowest BCUT2D eigenvalue weighted by Gasteiger charge is -2.31. The van der Waals surface area contributed by atoms with Crippen LogP contribution in [-0.2, 0) is 9.59 Å². The number of aryl methyl sites for hydroxylation is 1. The van der Waals surface area contributed by atoms with Crippen LogP contribution < -0.4 is 10.6 Å². The summed E-state index contributed by atoms with van der Waals surface area (Å²) in [5, 5.41) is 9.00. The molecular formula is C18H30N4O3S. The third kappa shape index (κ3) is 6.99. The highest BCUT2D eigenvalue weighted by Gasteiger charge is 2.19. The topological polar surface area (TPSA) is 87.5 Å². The Morgan fingerprint density at radius 2 is 2.12 bits per heavy atom. The third-order valence-corrected chi connectivity index (χ3v) is 5.84. The normalized spacial score (nSPS) is 16.5. The molecule has 8 heteroatoms. The number of anilines is 1. The minimum absolute atomic E-state index is 0.0380. The summed E-state index contributed by atoms with van der Waals surface area (Å²) < 4.78 is 4.91. The van der Waals surface area contributed by atoms with Crippen molar-refractivity contribution in [2.24, 2.45) is 0 Å². The number of carbonyl (C=O) groups is 2. The van der Waals surface area contributed by atoms with E-state index in [1.165, 1.54) is 43.9 Å². The van der Waals surface area contributed by atoms with Gasteiger partial charge in [0, 0.05) is 25.2 Å². The summed E-state index contributed by atoms with van der Waals surface area (Å²) in [7, 11) is 2.13. The Morgan fingerprint density at radius 1 is 1.38 bits per heavy atom. The Bertz CT molecular complexity index is 587. The quantitative estimate of drug-likeness (QED) is 0.682. The lowest BCUT2D eigenvalue weighted by molar-refractivity contribution is -0.118. The van der Waals surface area contributed by atoms with Crippen molar-refractivity contribution in [1.82, 2.24) is 15.4 Å². The summed E-state index contributed by atoms with van der Waals surface area (Å²) in [6.45, 7) is 5.04. The minimum atomic E-state index is -0.345. The van der Waals surface area contributed by atoms with Crippen molar-refractivity contribution >= 4 is 29.4 Å². The molecular weight excluding hydrogens is 352 g/mol. The lowest BCUT2D eigenvalue weighted by Crippen LogP contribution is -2.40. The Morgan fingerprint density at radius 3 is 2.77 bits per heavy atom. The highest BCUT2D eigenvalue weighted by atomic mass is 32.2. The Hall–Kier alpha value is -1.54. The molecule has 2 amide bonds. The second kappa shape index (κ2) is 10.6. The van der Waals surface area contributed by atoms with Crippen LogP contribution in [0.2, 0.25) is 0 Å². The molecule has 1 unspecified atom stereocenters. The van der Waals surface area contributed by atoms with E-state index in [0.717, 1.165) is 6.54 Å². The Kier molecular flexibility index (Phi) is 8.44. The molecule has 26 heavy (non-hydrogen) atoms. The van der Waals surface area contributed by atoms with E-state index in [4.69, 9.17) is 4.52 Å². The van der Waals surface area contributed by atoms with Gasteiger partial charge >= 0.3 is 0 Å². The fourth-order valence-electron chi connectivity index (χ4n) is 3.06. The number of nitrogens with one attached hydrogen (secondary N) is 2. The van der Waals surface area contributed by atoms with Crippen LogP contribution in [-0.4, -0.2) is 59.1 Å². The van der Waals surface area contributed by atoms with Crippen molar-refractivity contribution in [1.29, 1.82) is 0 Å². The van der Waals surface area contributed by atoms with Gasteiger partial charge in [-0.25, -0.2) is 0 Å². The highest BCUT2D eigenvalue weighted by molar-refractivity contribution is 8.01. The van der Waals surface area contributed by atoms with Crippen molar-refractivity contribution in [2.45, 2.75) is 57.2 Å². The van der Waals surface area contributed by atoms with E-state index in [0.29, 0.717) is 24.2 Å². The summed E-state index contributed by atoms with van der Waals surface area (Å²) in [6, 6.07) is 2.31. The minimum Gasteiger partial charge on any atom is -0.360 e. The van der Waals surface area contributed by atoms with Gasteiger partial charge in [0.05, 0.1) is 11.0 Å². The molecule has 0 saturated heterocycles. The first-order chi connectivity index (χ1) is 12.5. The monoisotopic (exact) mass is 382 g/mol. The van der Waals surface area contributed by atoms with Crippen molar-refractivity contribution in [2.75, 3.05) is 31.2 Å². The van der Waals surface area contributed by atoms with E-state index < -0.39 is 0 Å².